The number of aryl methyl sites for hydroxylation is 1. The van der Waals surface area contributed by atoms with Crippen molar-refractivity contribution in [2.75, 3.05) is 0 Å². The molecule has 4 rings (SSSR count). The zero-order valence-corrected chi connectivity index (χ0v) is 18.4. The van der Waals surface area contributed by atoms with Gasteiger partial charge in [-0.3, -0.25) is 0 Å². The van der Waals surface area contributed by atoms with Crippen molar-refractivity contribution in [3.05, 3.63) is 59.7 Å². The molecule has 0 amide bonds. The zero-order chi connectivity index (χ0) is 21.1. The Morgan fingerprint density at radius 1 is 1.03 bits per heavy atom. The molecule has 2 aromatic carbocycles. The van der Waals surface area contributed by atoms with E-state index in [0.29, 0.717) is 17.4 Å². The molecule has 2 aliphatic carbocycles. The van der Waals surface area contributed by atoms with Gasteiger partial charge in [0, 0.05) is 5.39 Å². The highest BCUT2D eigenvalue weighted by Crippen LogP contribution is 2.49. The van der Waals surface area contributed by atoms with Crippen LogP contribution in [0.5, 0.6) is 0 Å². The Bertz CT molecular complexity index is 884. The van der Waals surface area contributed by atoms with Crippen LogP contribution in [-0.2, 0) is 6.42 Å². The molecule has 4 unspecified atom stereocenters. The van der Waals surface area contributed by atoms with Gasteiger partial charge in [0.05, 0.1) is 0 Å². The molecule has 0 radical (unpaired) electrons. The van der Waals surface area contributed by atoms with Crippen molar-refractivity contribution in [2.45, 2.75) is 83.5 Å². The van der Waals surface area contributed by atoms with Crippen molar-refractivity contribution in [1.29, 1.82) is 0 Å². The fourth-order valence-corrected chi connectivity index (χ4v) is 6.16. The van der Waals surface area contributed by atoms with Crippen molar-refractivity contribution in [3.8, 4) is 0 Å². The number of allylic oxidation sites excluding steroid dienone is 1. The molecular formula is C28H36F2. The summed E-state index contributed by atoms with van der Waals surface area (Å²) in [6.07, 6.45) is 14.6. The number of hydrogen-bond acceptors (Lipinski definition) is 0. The van der Waals surface area contributed by atoms with E-state index in [0.717, 1.165) is 48.0 Å². The molecule has 2 saturated carbocycles. The second-order valence-corrected chi connectivity index (χ2v) is 9.81. The second kappa shape index (κ2) is 9.62. The molecule has 4 atom stereocenters. The minimum absolute atomic E-state index is 0.193. The van der Waals surface area contributed by atoms with Gasteiger partial charge in [-0.25, -0.2) is 8.78 Å². The molecule has 2 heteroatoms. The van der Waals surface area contributed by atoms with E-state index in [9.17, 15) is 4.39 Å². The van der Waals surface area contributed by atoms with Crippen LogP contribution >= 0.6 is 0 Å². The third kappa shape index (κ3) is 4.48. The summed E-state index contributed by atoms with van der Waals surface area (Å²) in [5.41, 5.74) is 1.46. The molecule has 0 aliphatic heterocycles. The van der Waals surface area contributed by atoms with Crippen LogP contribution in [0.25, 0.3) is 10.8 Å². The predicted octanol–water partition coefficient (Wildman–Crippen LogP) is 8.73. The normalized spacial score (nSPS) is 26.5. The number of benzene rings is 2. The minimum Gasteiger partial charge on any atom is -0.207 e. The lowest BCUT2D eigenvalue weighted by Gasteiger charge is -2.42. The Kier molecular flexibility index (Phi) is 6.91. The lowest BCUT2D eigenvalue weighted by molar-refractivity contribution is 0.113. The smallest absolute Gasteiger partial charge is 0.134 e. The van der Waals surface area contributed by atoms with Gasteiger partial charge in [-0.1, -0.05) is 50.8 Å². The fraction of sp³-hybridized carbons (Fsp3) is 0.571. The number of unbranched alkanes of at least 4 members (excludes halogenated alkanes) is 1. The van der Waals surface area contributed by atoms with Gasteiger partial charge in [-0.05, 0) is 97.3 Å². The molecule has 0 nitrogen and oxygen atoms in total. The first-order valence-corrected chi connectivity index (χ1v) is 12.1. The van der Waals surface area contributed by atoms with E-state index < -0.39 is 0 Å². The van der Waals surface area contributed by atoms with Crippen LogP contribution in [0.2, 0.25) is 0 Å². The summed E-state index contributed by atoms with van der Waals surface area (Å²) in [6.45, 7) is 5.99. The molecule has 0 saturated heterocycles. The molecule has 2 aromatic rings. The quantitative estimate of drug-likeness (QED) is 0.400. The van der Waals surface area contributed by atoms with E-state index >= 15 is 4.39 Å². The molecule has 162 valence electrons. The molecule has 2 aliphatic rings. The van der Waals surface area contributed by atoms with Gasteiger partial charge in [0.1, 0.15) is 11.6 Å². The third-order valence-corrected chi connectivity index (χ3v) is 7.90. The molecule has 0 heterocycles. The Balaban J connectivity index is 1.50. The van der Waals surface area contributed by atoms with Gasteiger partial charge < -0.3 is 0 Å². The summed E-state index contributed by atoms with van der Waals surface area (Å²) >= 11 is 0. The molecular weight excluding hydrogens is 374 g/mol. The van der Waals surface area contributed by atoms with E-state index in [4.69, 9.17) is 0 Å². The monoisotopic (exact) mass is 410 g/mol. The van der Waals surface area contributed by atoms with Gasteiger partial charge in [0.2, 0.25) is 0 Å². The Labute approximate surface area is 180 Å². The first-order chi connectivity index (χ1) is 14.6. The van der Waals surface area contributed by atoms with Crippen LogP contribution in [-0.4, -0.2) is 0 Å². The summed E-state index contributed by atoms with van der Waals surface area (Å²) in [5, 5.41) is 1.25. The lowest BCUT2D eigenvalue weighted by Crippen LogP contribution is -2.30. The summed E-state index contributed by atoms with van der Waals surface area (Å²) in [7, 11) is 0. The summed E-state index contributed by atoms with van der Waals surface area (Å²) in [6, 6.07) is 7.20. The van der Waals surface area contributed by atoms with Crippen molar-refractivity contribution < 1.29 is 8.78 Å². The molecule has 0 aromatic heterocycles. The standard InChI is InChI=1S/C28H36F2/c1-3-5-7-19-9-10-21-16-22(12-11-20(21)15-19)25-14-13-23-17-24(8-6-4-2)27(29)18-26(23)28(25)30/h4,13-14,17-22H,2-3,5-12,15-16H2,1H3. The topological polar surface area (TPSA) is 0 Å². The van der Waals surface area contributed by atoms with Crippen LogP contribution in [0.1, 0.15) is 88.2 Å². The van der Waals surface area contributed by atoms with Gasteiger partial charge in [-0.2, -0.15) is 0 Å². The SMILES string of the molecule is C=CCCc1cc2ccc(C3CCC4CC(CCCC)CCC4C3)c(F)c2cc1F. The predicted molar refractivity (Wildman–Crippen MR) is 123 cm³/mol. The van der Waals surface area contributed by atoms with Gasteiger partial charge in [-0.15, -0.1) is 6.58 Å². The Hall–Kier alpha value is -1.70. The van der Waals surface area contributed by atoms with Crippen LogP contribution in [0.4, 0.5) is 8.78 Å². The van der Waals surface area contributed by atoms with Crippen molar-refractivity contribution in [2.24, 2.45) is 17.8 Å². The van der Waals surface area contributed by atoms with Gasteiger partial charge in [0.15, 0.2) is 0 Å². The molecule has 0 N–H and O–H groups in total. The van der Waals surface area contributed by atoms with Crippen molar-refractivity contribution in [3.63, 3.8) is 0 Å². The molecule has 0 bridgehead atoms. The molecule has 2 fully saturated rings. The highest BCUT2D eigenvalue weighted by atomic mass is 19.1. The minimum atomic E-state index is -0.297. The maximum Gasteiger partial charge on any atom is 0.134 e. The van der Waals surface area contributed by atoms with Gasteiger partial charge >= 0.3 is 0 Å². The third-order valence-electron chi connectivity index (χ3n) is 7.90. The first-order valence-electron chi connectivity index (χ1n) is 12.1. The number of fused-ring (bicyclic) bond motifs is 2. The van der Waals surface area contributed by atoms with Crippen molar-refractivity contribution in [1.82, 2.24) is 0 Å². The Morgan fingerprint density at radius 2 is 1.83 bits per heavy atom. The average molecular weight is 411 g/mol. The zero-order valence-electron chi connectivity index (χ0n) is 18.4. The number of hydrogen-bond donors (Lipinski definition) is 0. The first kappa shape index (κ1) is 21.5. The lowest BCUT2D eigenvalue weighted by atomic mass is 9.63. The summed E-state index contributed by atoms with van der Waals surface area (Å²) in [4.78, 5) is 0. The largest absolute Gasteiger partial charge is 0.207 e. The van der Waals surface area contributed by atoms with Gasteiger partial charge in [0.25, 0.3) is 0 Å². The summed E-state index contributed by atoms with van der Waals surface area (Å²) < 4.78 is 30.0. The highest BCUT2D eigenvalue weighted by molar-refractivity contribution is 5.85. The van der Waals surface area contributed by atoms with Crippen LogP contribution < -0.4 is 0 Å². The van der Waals surface area contributed by atoms with E-state index in [2.05, 4.69) is 13.5 Å². The van der Waals surface area contributed by atoms with Crippen LogP contribution in [0.15, 0.2) is 36.9 Å². The van der Waals surface area contributed by atoms with Crippen LogP contribution in [0.3, 0.4) is 0 Å². The number of halogens is 2. The van der Waals surface area contributed by atoms with Crippen LogP contribution in [0, 0.1) is 29.4 Å². The fourth-order valence-electron chi connectivity index (χ4n) is 6.16. The van der Waals surface area contributed by atoms with E-state index in [1.807, 2.05) is 18.2 Å². The van der Waals surface area contributed by atoms with E-state index in [-0.39, 0.29) is 17.6 Å². The molecule has 30 heavy (non-hydrogen) atoms. The summed E-state index contributed by atoms with van der Waals surface area (Å²) in [5.74, 6) is 2.29. The van der Waals surface area contributed by atoms with Crippen molar-refractivity contribution >= 4 is 10.8 Å². The second-order valence-electron chi connectivity index (χ2n) is 9.81. The molecule has 0 spiro atoms. The average Bonchev–Trinajstić information content (AvgIpc) is 2.76. The van der Waals surface area contributed by atoms with E-state index in [1.165, 1.54) is 51.0 Å². The number of rotatable bonds is 7. The van der Waals surface area contributed by atoms with E-state index in [1.54, 1.807) is 6.08 Å². The maximum absolute atomic E-state index is 15.5. The Morgan fingerprint density at radius 3 is 2.63 bits per heavy atom. The highest BCUT2D eigenvalue weighted by Gasteiger charge is 2.36. The maximum atomic E-state index is 15.5.